The summed E-state index contributed by atoms with van der Waals surface area (Å²) < 4.78 is 24.3. The first-order valence-electron chi connectivity index (χ1n) is 24.2. The average molecular weight is 954 g/mol. The van der Waals surface area contributed by atoms with Crippen molar-refractivity contribution in [3.63, 3.8) is 0 Å². The summed E-state index contributed by atoms with van der Waals surface area (Å²) in [5, 5.41) is 5.81. The lowest BCUT2D eigenvalue weighted by molar-refractivity contribution is -0.149. The van der Waals surface area contributed by atoms with E-state index in [1.54, 1.807) is 28.7 Å². The number of nitrogens with zero attached hydrogens (tertiary/aromatic N) is 4. The van der Waals surface area contributed by atoms with Gasteiger partial charge in [-0.2, -0.15) is 4.89 Å². The lowest BCUT2D eigenvalue weighted by Crippen LogP contribution is -2.60. The van der Waals surface area contributed by atoms with E-state index in [0.717, 1.165) is 24.8 Å². The summed E-state index contributed by atoms with van der Waals surface area (Å²) in [5.74, 6) is -4.35. The van der Waals surface area contributed by atoms with Crippen molar-refractivity contribution in [3.8, 4) is 0 Å². The van der Waals surface area contributed by atoms with Crippen LogP contribution in [0.5, 0.6) is 0 Å². The zero-order chi connectivity index (χ0) is 49.1. The molecular formula is C49H74N6O11P+. The highest BCUT2D eigenvalue weighted by atomic mass is 31.1. The van der Waals surface area contributed by atoms with Crippen LogP contribution in [0.15, 0.2) is 42.5 Å². The van der Waals surface area contributed by atoms with E-state index in [-0.39, 0.29) is 78.5 Å². The van der Waals surface area contributed by atoms with Gasteiger partial charge in [0.15, 0.2) is 0 Å². The molecule has 370 valence electrons. The Balaban J connectivity index is 1.22. The molecule has 1 aromatic carbocycles. The quantitative estimate of drug-likeness (QED) is 0.0713. The molecule has 0 radical (unpaired) electrons. The van der Waals surface area contributed by atoms with Crippen LogP contribution in [0.2, 0.25) is 0 Å². The number of amides is 7. The zero-order valence-corrected chi connectivity index (χ0v) is 41.5. The normalized spacial score (nSPS) is 23.5. The van der Waals surface area contributed by atoms with Crippen LogP contribution in [0, 0.1) is 23.7 Å². The molecule has 3 fully saturated rings. The molecule has 17 nitrogen and oxygen atoms in total. The van der Waals surface area contributed by atoms with E-state index < -0.39 is 62.0 Å². The van der Waals surface area contributed by atoms with Crippen molar-refractivity contribution in [1.29, 1.82) is 0 Å². The molecule has 2 saturated heterocycles. The fourth-order valence-corrected chi connectivity index (χ4v) is 11.4. The molecule has 2 bridgehead atoms. The SMILES string of the molecule is CC[C@H](C)[C@@H]([C@@H](CC(=O)N1CCCC1[C@H](OC)[C@@H](C)C(=O)N[C@@H](Cc1ccccc1)[P+](=O)O)OC)N(C)C(=O)C(NC(=O)[C@@H]1[C@H]2CC[C@H](C2)N1C(=O)CCCCCN1C(=O)C=CC1=O)C(C)C. The maximum Gasteiger partial charge on any atom is 0.531 e. The number of benzene rings is 1. The standard InChI is InChI=1S/C49H73N6O11P/c1-9-31(4)44(37(65-7)29-42(59)53-26-16-19-36(53)46(66-8)32(5)47(60)50-38(67(63)64)27-33-17-12-10-13-18-33)52(6)49(62)43(30(2)3)51-48(61)45-34-21-22-35(28-34)55(45)41(58)20-14-11-15-25-54-39(56)23-24-40(54)57/h10,12-13,17-18,23-24,30-32,34-38,43-46H,9,11,14-16,19-22,25-29H2,1-8H3,(H2-,50,51,60,61,63,64)/p+1/t31-,32+,34-,35+,36?,37+,38+,43?,44-,45-,46+/m0/s1. The Morgan fingerprint density at radius 1 is 0.910 bits per heavy atom. The molecule has 7 amide bonds. The minimum absolute atomic E-state index is 0.0152. The Morgan fingerprint density at radius 2 is 1.60 bits per heavy atom. The third-order valence-electron chi connectivity index (χ3n) is 14.7. The molecular weight excluding hydrogens is 880 g/mol. The molecule has 3 aliphatic heterocycles. The molecule has 5 rings (SSSR count). The smallest absolute Gasteiger partial charge is 0.379 e. The number of nitrogens with one attached hydrogen (secondary N) is 2. The maximum absolute atomic E-state index is 14.7. The summed E-state index contributed by atoms with van der Waals surface area (Å²) in [4.78, 5) is 111. The van der Waals surface area contributed by atoms with E-state index in [9.17, 15) is 43.0 Å². The van der Waals surface area contributed by atoms with Gasteiger partial charge in [-0.25, -0.2) is 0 Å². The third-order valence-corrected chi connectivity index (χ3v) is 15.5. The molecule has 18 heteroatoms. The summed E-state index contributed by atoms with van der Waals surface area (Å²) in [5.41, 5.74) is 0.804. The Bertz CT molecular complexity index is 1950. The van der Waals surface area contributed by atoms with Crippen LogP contribution in [0.25, 0.3) is 0 Å². The second-order valence-electron chi connectivity index (χ2n) is 19.3. The second kappa shape index (κ2) is 24.6. The van der Waals surface area contributed by atoms with Crippen molar-refractivity contribution in [1.82, 2.24) is 30.2 Å². The van der Waals surface area contributed by atoms with Crippen LogP contribution in [0.3, 0.4) is 0 Å². The molecule has 1 aliphatic carbocycles. The number of hydrogen-bond donors (Lipinski definition) is 3. The Kier molecular flexibility index (Phi) is 19.6. The summed E-state index contributed by atoms with van der Waals surface area (Å²) >= 11 is 0. The molecule has 0 spiro atoms. The van der Waals surface area contributed by atoms with E-state index in [1.807, 2.05) is 58.0 Å². The van der Waals surface area contributed by atoms with Gasteiger partial charge in [-0.05, 0) is 72.8 Å². The third kappa shape index (κ3) is 13.0. The van der Waals surface area contributed by atoms with Crippen LogP contribution >= 0.6 is 8.03 Å². The number of unbranched alkanes of at least 4 members (excludes halogenated alkanes) is 2. The van der Waals surface area contributed by atoms with E-state index in [2.05, 4.69) is 10.6 Å². The predicted molar refractivity (Wildman–Crippen MR) is 251 cm³/mol. The number of piperidine rings is 1. The van der Waals surface area contributed by atoms with Gasteiger partial charge < -0.3 is 34.8 Å². The highest BCUT2D eigenvalue weighted by molar-refractivity contribution is 7.38. The van der Waals surface area contributed by atoms with Crippen molar-refractivity contribution < 1.29 is 52.5 Å². The van der Waals surface area contributed by atoms with Crippen LogP contribution in [0.1, 0.15) is 111 Å². The Morgan fingerprint density at radius 3 is 2.21 bits per heavy atom. The highest BCUT2D eigenvalue weighted by Gasteiger charge is 2.52. The van der Waals surface area contributed by atoms with E-state index >= 15 is 0 Å². The molecule has 1 aromatic rings. The van der Waals surface area contributed by atoms with Crippen molar-refractivity contribution in [3.05, 3.63) is 48.0 Å². The van der Waals surface area contributed by atoms with Gasteiger partial charge in [0.05, 0.1) is 36.6 Å². The summed E-state index contributed by atoms with van der Waals surface area (Å²) in [6.07, 6.45) is 7.47. The predicted octanol–water partition coefficient (Wildman–Crippen LogP) is 4.33. The number of likely N-dealkylation sites (N-methyl/N-ethyl adjacent to an activating group) is 1. The number of likely N-dealkylation sites (tertiary alicyclic amines) is 2. The molecule has 3 unspecified atom stereocenters. The van der Waals surface area contributed by atoms with Gasteiger partial charge in [-0.3, -0.25) is 38.5 Å². The topological polar surface area (TPSA) is 212 Å². The summed E-state index contributed by atoms with van der Waals surface area (Å²) in [6, 6.07) is 6.46. The minimum Gasteiger partial charge on any atom is -0.379 e. The molecule has 67 heavy (non-hydrogen) atoms. The first-order valence-corrected chi connectivity index (χ1v) is 25.5. The van der Waals surface area contributed by atoms with Gasteiger partial charge in [-0.1, -0.05) is 77.8 Å². The number of ether oxygens (including phenoxy) is 2. The van der Waals surface area contributed by atoms with Crippen molar-refractivity contribution in [2.75, 3.05) is 34.4 Å². The van der Waals surface area contributed by atoms with Gasteiger partial charge in [0.1, 0.15) is 12.1 Å². The highest BCUT2D eigenvalue weighted by Crippen LogP contribution is 2.43. The van der Waals surface area contributed by atoms with Crippen molar-refractivity contribution in [2.24, 2.45) is 23.7 Å². The molecule has 0 aromatic heterocycles. The van der Waals surface area contributed by atoms with Gasteiger partial charge in [0.25, 0.3) is 17.6 Å². The minimum atomic E-state index is -2.74. The number of carbonyl (C=O) groups is 7. The number of carbonyl (C=O) groups excluding carboxylic acids is 7. The van der Waals surface area contributed by atoms with Crippen LogP contribution in [-0.4, -0.2) is 148 Å². The lowest BCUT2D eigenvalue weighted by atomic mass is 9.89. The van der Waals surface area contributed by atoms with Crippen molar-refractivity contribution in [2.45, 2.75) is 160 Å². The van der Waals surface area contributed by atoms with E-state index in [4.69, 9.17) is 9.47 Å². The number of hydrogen-bond acceptors (Lipinski definition) is 10. The number of imide groups is 1. The largest absolute Gasteiger partial charge is 0.531 e. The van der Waals surface area contributed by atoms with Gasteiger partial charge >= 0.3 is 8.03 Å². The van der Waals surface area contributed by atoms with Crippen LogP contribution < -0.4 is 10.6 Å². The summed E-state index contributed by atoms with van der Waals surface area (Å²) in [6.45, 7) is 10.1. The van der Waals surface area contributed by atoms with E-state index in [0.29, 0.717) is 51.6 Å². The Labute approximate surface area is 396 Å². The summed E-state index contributed by atoms with van der Waals surface area (Å²) in [7, 11) is 1.95. The molecule has 4 aliphatic rings. The molecule has 12 atom stereocenters. The average Bonchev–Trinajstić information content (AvgIpc) is 4.13. The first kappa shape index (κ1) is 53.4. The maximum atomic E-state index is 14.7. The fourth-order valence-electron chi connectivity index (χ4n) is 10.8. The Hall–Kier alpha value is -4.57. The zero-order valence-electron chi connectivity index (χ0n) is 40.6. The molecule has 3 N–H and O–H groups in total. The second-order valence-corrected chi connectivity index (χ2v) is 20.5. The van der Waals surface area contributed by atoms with Crippen LogP contribution in [0.4, 0.5) is 0 Å². The van der Waals surface area contributed by atoms with Gasteiger partial charge in [0, 0.05) is 65.4 Å². The number of methoxy groups -OCH3 is 2. The number of fused-ring (bicyclic) bond motifs is 2. The van der Waals surface area contributed by atoms with Crippen molar-refractivity contribution >= 4 is 49.4 Å². The van der Waals surface area contributed by atoms with Gasteiger partial charge in [-0.15, -0.1) is 0 Å². The first-order chi connectivity index (χ1) is 31.9. The number of rotatable bonds is 25. The van der Waals surface area contributed by atoms with Crippen LogP contribution in [-0.2, 0) is 54.0 Å². The molecule has 3 heterocycles. The molecule has 1 saturated carbocycles. The lowest BCUT2D eigenvalue weighted by Gasteiger charge is -2.41. The van der Waals surface area contributed by atoms with Gasteiger partial charge in [0.2, 0.25) is 29.5 Å². The fraction of sp³-hybridized carbons (Fsp3) is 0.694. The van der Waals surface area contributed by atoms with E-state index in [1.165, 1.54) is 31.3 Å². The monoisotopic (exact) mass is 954 g/mol.